The number of aryl methyl sites for hydroxylation is 2. The average Bonchev–Trinajstić information content (AvgIpc) is 3.44. The van der Waals surface area contributed by atoms with E-state index in [-0.39, 0.29) is 42.1 Å². The van der Waals surface area contributed by atoms with Gasteiger partial charge in [0.15, 0.2) is 11.5 Å². The third kappa shape index (κ3) is 4.48. The smallest absolute Gasteiger partial charge is 0.238 e. The Kier molecular flexibility index (Phi) is 7.48. The summed E-state index contributed by atoms with van der Waals surface area (Å²) in [5.41, 5.74) is 3.63. The first kappa shape index (κ1) is 30.5. The van der Waals surface area contributed by atoms with Crippen LogP contribution < -0.4 is 14.5 Å². The summed E-state index contributed by atoms with van der Waals surface area (Å²) in [5, 5.41) is 12.4. The molecule has 46 heavy (non-hydrogen) atoms. The number of rotatable bonds is 5. The highest BCUT2D eigenvalue weighted by Crippen LogP contribution is 2.60. The highest BCUT2D eigenvalue weighted by atomic mass is 35.5. The summed E-state index contributed by atoms with van der Waals surface area (Å²) in [6.07, 6.45) is 2.44. The summed E-state index contributed by atoms with van der Waals surface area (Å²) in [4.78, 5) is 59.0. The number of hydrogen-bond acceptors (Lipinski definition) is 6. The van der Waals surface area contributed by atoms with E-state index in [0.717, 1.165) is 16.7 Å². The van der Waals surface area contributed by atoms with E-state index in [1.54, 1.807) is 54.6 Å². The van der Waals surface area contributed by atoms with Crippen LogP contribution in [0.15, 0.2) is 66.2 Å². The second kappa shape index (κ2) is 11.3. The normalized spacial score (nSPS) is 27.0. The Morgan fingerprint density at radius 1 is 0.783 bits per heavy atom. The molecule has 3 fully saturated rings. The number of nitrogens with zero attached hydrogens (tertiary/aromatic N) is 2. The first-order valence-electron chi connectivity index (χ1n) is 15.5. The summed E-state index contributed by atoms with van der Waals surface area (Å²) in [7, 11) is 0. The van der Waals surface area contributed by atoms with Crippen LogP contribution in [0.1, 0.15) is 42.4 Å². The van der Waals surface area contributed by atoms with E-state index in [1.165, 1.54) is 9.80 Å². The zero-order valence-electron chi connectivity index (χ0n) is 25.5. The van der Waals surface area contributed by atoms with Crippen molar-refractivity contribution in [3.8, 4) is 11.5 Å². The molecular weight excluding hydrogens is 627 g/mol. The molecule has 0 spiro atoms. The van der Waals surface area contributed by atoms with Crippen LogP contribution in [0.4, 0.5) is 11.4 Å². The minimum Gasteiger partial charge on any atom is -0.504 e. The molecule has 0 bridgehead atoms. The quantitative estimate of drug-likeness (QED) is 0.240. The Morgan fingerprint density at radius 3 is 1.96 bits per heavy atom. The Bertz CT molecular complexity index is 1870. The minimum absolute atomic E-state index is 0.112. The van der Waals surface area contributed by atoms with Crippen molar-refractivity contribution in [2.24, 2.45) is 29.6 Å². The van der Waals surface area contributed by atoms with E-state index in [4.69, 9.17) is 27.9 Å². The number of hydrogen-bond donors (Lipinski definition) is 1. The van der Waals surface area contributed by atoms with Gasteiger partial charge >= 0.3 is 0 Å². The molecule has 2 aliphatic heterocycles. The molecule has 3 aromatic rings. The van der Waals surface area contributed by atoms with Gasteiger partial charge in [-0.25, -0.2) is 9.80 Å². The lowest BCUT2D eigenvalue weighted by atomic mass is 9.57. The molecule has 3 aromatic carbocycles. The SMILES string of the molecule is CCOc1cccc([C@H]2C3=CC[C@@H]4C(=O)N(c5ccc(C)c(Cl)c5)C(=O)[C@@H]4[C@@H]3C[C@H]3C(=O)N(c4ccc(C)c(Cl)c4)C(=O)[C@@H]23)c1O. The molecule has 0 unspecified atom stereocenters. The molecule has 7 rings (SSSR count). The monoisotopic (exact) mass is 658 g/mol. The fourth-order valence-electron chi connectivity index (χ4n) is 7.95. The molecule has 8 nitrogen and oxygen atoms in total. The number of amides is 4. The van der Waals surface area contributed by atoms with Crippen molar-refractivity contribution < 1.29 is 29.0 Å². The fraction of sp³-hybridized carbons (Fsp3) is 0.333. The molecule has 2 heterocycles. The molecule has 6 atom stereocenters. The summed E-state index contributed by atoms with van der Waals surface area (Å²) in [5.74, 6) is -5.52. The van der Waals surface area contributed by atoms with Crippen molar-refractivity contribution in [1.82, 2.24) is 0 Å². The zero-order chi connectivity index (χ0) is 32.6. The van der Waals surface area contributed by atoms with Crippen LogP contribution >= 0.6 is 23.2 Å². The van der Waals surface area contributed by atoms with Gasteiger partial charge in [-0.05, 0) is 81.0 Å². The van der Waals surface area contributed by atoms with Crippen LogP contribution in [0, 0.1) is 43.4 Å². The van der Waals surface area contributed by atoms with Gasteiger partial charge in [-0.3, -0.25) is 19.2 Å². The van der Waals surface area contributed by atoms with Crippen molar-refractivity contribution in [3.05, 3.63) is 93.0 Å². The first-order chi connectivity index (χ1) is 22.0. The summed E-state index contributed by atoms with van der Waals surface area (Å²) < 4.78 is 5.70. The van der Waals surface area contributed by atoms with E-state index in [0.29, 0.717) is 33.6 Å². The summed E-state index contributed by atoms with van der Waals surface area (Å²) >= 11 is 12.8. The molecule has 10 heteroatoms. The van der Waals surface area contributed by atoms with Gasteiger partial charge in [0, 0.05) is 21.5 Å². The van der Waals surface area contributed by atoms with Gasteiger partial charge in [0.2, 0.25) is 23.6 Å². The number of imide groups is 2. The largest absolute Gasteiger partial charge is 0.504 e. The van der Waals surface area contributed by atoms with Crippen LogP contribution in [0.5, 0.6) is 11.5 Å². The molecule has 4 aliphatic rings. The lowest BCUT2D eigenvalue weighted by molar-refractivity contribution is -0.126. The number of allylic oxidation sites excluding steroid dienone is 2. The Hall–Kier alpha value is -4.14. The predicted molar refractivity (Wildman–Crippen MR) is 174 cm³/mol. The van der Waals surface area contributed by atoms with Gasteiger partial charge in [0.05, 0.1) is 41.7 Å². The molecule has 4 amide bonds. The highest BCUT2D eigenvalue weighted by Gasteiger charge is 2.62. The number of anilines is 2. The molecule has 0 aromatic heterocycles. The maximum absolute atomic E-state index is 14.3. The van der Waals surface area contributed by atoms with E-state index >= 15 is 0 Å². The molecule has 2 saturated heterocycles. The van der Waals surface area contributed by atoms with Crippen LogP contribution in [-0.4, -0.2) is 35.3 Å². The number of ether oxygens (including phenoxy) is 1. The second-order valence-electron chi connectivity index (χ2n) is 12.5. The van der Waals surface area contributed by atoms with Gasteiger partial charge in [-0.1, -0.05) is 59.1 Å². The number of phenolic OH excluding ortho intramolecular Hbond substituents is 1. The van der Waals surface area contributed by atoms with Crippen LogP contribution in [0.3, 0.4) is 0 Å². The van der Waals surface area contributed by atoms with Gasteiger partial charge in [-0.15, -0.1) is 0 Å². The van der Waals surface area contributed by atoms with Gasteiger partial charge in [0.1, 0.15) is 0 Å². The van der Waals surface area contributed by atoms with Crippen molar-refractivity contribution in [2.75, 3.05) is 16.4 Å². The third-order valence-electron chi connectivity index (χ3n) is 10.1. The van der Waals surface area contributed by atoms with Crippen molar-refractivity contribution >= 4 is 58.2 Å². The molecule has 236 valence electrons. The number of fused-ring (bicyclic) bond motifs is 4. The maximum atomic E-state index is 14.3. The van der Waals surface area contributed by atoms with E-state index in [9.17, 15) is 24.3 Å². The van der Waals surface area contributed by atoms with Crippen LogP contribution in [0.2, 0.25) is 10.0 Å². The number of benzene rings is 3. The lowest BCUT2D eigenvalue weighted by Crippen LogP contribution is -2.43. The van der Waals surface area contributed by atoms with Crippen LogP contribution in [0.25, 0.3) is 0 Å². The first-order valence-corrected chi connectivity index (χ1v) is 16.2. The molecule has 2 aliphatic carbocycles. The Labute approximate surface area is 276 Å². The summed E-state index contributed by atoms with van der Waals surface area (Å²) in [6, 6.07) is 15.3. The van der Waals surface area contributed by atoms with Crippen molar-refractivity contribution in [1.29, 1.82) is 0 Å². The van der Waals surface area contributed by atoms with Gasteiger partial charge < -0.3 is 9.84 Å². The topological polar surface area (TPSA) is 104 Å². The molecular formula is C36H32Cl2N2O6. The maximum Gasteiger partial charge on any atom is 0.238 e. The number of phenols is 1. The average molecular weight is 660 g/mol. The second-order valence-corrected chi connectivity index (χ2v) is 13.4. The molecule has 1 N–H and O–H groups in total. The fourth-order valence-corrected chi connectivity index (χ4v) is 8.30. The number of halogens is 2. The van der Waals surface area contributed by atoms with Crippen molar-refractivity contribution in [3.63, 3.8) is 0 Å². The minimum atomic E-state index is -0.839. The summed E-state index contributed by atoms with van der Waals surface area (Å²) in [6.45, 7) is 5.81. The lowest BCUT2D eigenvalue weighted by Gasteiger charge is -2.44. The Morgan fingerprint density at radius 2 is 1.37 bits per heavy atom. The Balaban J connectivity index is 1.35. The van der Waals surface area contributed by atoms with Gasteiger partial charge in [-0.2, -0.15) is 0 Å². The van der Waals surface area contributed by atoms with Crippen LogP contribution in [-0.2, 0) is 19.2 Å². The molecule has 0 radical (unpaired) electrons. The van der Waals surface area contributed by atoms with Gasteiger partial charge in [0.25, 0.3) is 0 Å². The van der Waals surface area contributed by atoms with E-state index in [1.807, 2.05) is 26.8 Å². The standard InChI is InChI=1S/C36H32Cl2N2O6/c1-4-46-28-7-5-6-22(32(28)41)29-21-12-13-23-30(35(44)39(33(23)42)19-10-8-17(2)26(37)14-19)24(21)16-25-31(29)36(45)40(34(25)43)20-11-9-18(3)27(38)15-20/h5-12,14-15,23-25,29-31,41H,4,13,16H2,1-3H3/t23-,24+,25+,29+,30-,31+/m0/s1. The van der Waals surface area contributed by atoms with E-state index < -0.39 is 41.4 Å². The predicted octanol–water partition coefficient (Wildman–Crippen LogP) is 6.76. The number of para-hydroxylation sites is 1. The number of carbonyl (C=O) groups excluding carboxylic acids is 4. The molecule has 1 saturated carbocycles. The zero-order valence-corrected chi connectivity index (χ0v) is 27.0. The van der Waals surface area contributed by atoms with Crippen molar-refractivity contribution in [2.45, 2.75) is 39.5 Å². The number of aromatic hydroxyl groups is 1. The highest BCUT2D eigenvalue weighted by molar-refractivity contribution is 6.33. The third-order valence-corrected chi connectivity index (χ3v) is 11.0. The van der Waals surface area contributed by atoms with E-state index in [2.05, 4.69) is 0 Å². The number of carbonyl (C=O) groups is 4.